The Kier molecular flexibility index (Phi) is 10.3. The Hall–Kier alpha value is -10.5. The number of hydrogen-bond donors (Lipinski definition) is 0. The SMILES string of the molecule is c1ccc(-c2cc(-c3ccccc3)cc(-c3cc(-c4cc(-c5ccccc5)cc(-c5ccccc5)c4)nc(-n4c5cc6c7ccccc7c7ccccc7c6cc5c5cc6c7ccccc7c7ccccc7c6cc54)n3)c2)cc1. The van der Waals surface area contributed by atoms with E-state index in [4.69, 9.17) is 9.97 Å². The number of aromatic nitrogens is 3. The zero-order chi connectivity index (χ0) is 52.0. The molecule has 0 aliphatic rings. The average molecular weight is 1000 g/mol. The predicted molar refractivity (Wildman–Crippen MR) is 334 cm³/mol. The summed E-state index contributed by atoms with van der Waals surface area (Å²) in [6.07, 6.45) is 0. The molecule has 2 heterocycles. The van der Waals surface area contributed by atoms with E-state index in [0.717, 1.165) is 88.8 Å². The molecule has 16 rings (SSSR count). The van der Waals surface area contributed by atoms with Crippen molar-refractivity contribution in [2.45, 2.75) is 0 Å². The van der Waals surface area contributed by atoms with Crippen LogP contribution in [0.3, 0.4) is 0 Å². The first kappa shape index (κ1) is 44.8. The fraction of sp³-hybridized carbons (Fsp3) is 0. The maximum Gasteiger partial charge on any atom is 0.235 e. The second-order valence-electron chi connectivity index (χ2n) is 20.8. The van der Waals surface area contributed by atoms with E-state index >= 15 is 0 Å². The Morgan fingerprint density at radius 2 is 0.418 bits per heavy atom. The summed E-state index contributed by atoms with van der Waals surface area (Å²) in [5.74, 6) is 0.596. The summed E-state index contributed by atoms with van der Waals surface area (Å²) in [6.45, 7) is 0. The van der Waals surface area contributed by atoms with Crippen molar-refractivity contribution in [3.8, 4) is 73.0 Å². The third-order valence-corrected chi connectivity index (χ3v) is 16.3. The molecule has 0 aliphatic carbocycles. The summed E-state index contributed by atoms with van der Waals surface area (Å²) in [6, 6.07) is 104. The first-order chi connectivity index (χ1) is 39.1. The van der Waals surface area contributed by atoms with Gasteiger partial charge >= 0.3 is 0 Å². The number of nitrogens with zero attached hydrogens (tertiary/aromatic N) is 3. The van der Waals surface area contributed by atoms with Crippen LogP contribution in [0.15, 0.2) is 285 Å². The number of benzene rings is 14. The van der Waals surface area contributed by atoms with Gasteiger partial charge in [-0.15, -0.1) is 0 Å². The topological polar surface area (TPSA) is 30.7 Å². The molecule has 14 aromatic carbocycles. The molecule has 0 radical (unpaired) electrons. The number of rotatable bonds is 7. The second kappa shape index (κ2) is 18.1. The molecule has 3 heteroatoms. The molecular weight excluding hydrogens is 955 g/mol. The predicted octanol–water partition coefficient (Wildman–Crippen LogP) is 20.5. The molecule has 0 saturated carbocycles. The maximum absolute atomic E-state index is 5.84. The minimum absolute atomic E-state index is 0.596. The van der Waals surface area contributed by atoms with Crippen molar-refractivity contribution in [2.75, 3.05) is 0 Å². The largest absolute Gasteiger partial charge is 0.278 e. The molecule has 3 nitrogen and oxygen atoms in total. The average Bonchev–Trinajstić information content (AvgIpc) is 4.09. The highest BCUT2D eigenvalue weighted by molar-refractivity contribution is 6.32. The van der Waals surface area contributed by atoms with Gasteiger partial charge in [-0.05, 0) is 176 Å². The van der Waals surface area contributed by atoms with E-state index in [0.29, 0.717) is 5.95 Å². The van der Waals surface area contributed by atoms with Crippen LogP contribution in [-0.4, -0.2) is 14.5 Å². The van der Waals surface area contributed by atoms with E-state index in [1.165, 1.54) is 64.6 Å². The minimum atomic E-state index is 0.596. The fourth-order valence-electron chi connectivity index (χ4n) is 12.6. The quantitative estimate of drug-likeness (QED) is 0.149. The zero-order valence-electron chi connectivity index (χ0n) is 43.0. The molecule has 366 valence electrons. The van der Waals surface area contributed by atoms with Crippen LogP contribution in [0.5, 0.6) is 0 Å². The van der Waals surface area contributed by atoms with E-state index in [9.17, 15) is 0 Å². The van der Waals surface area contributed by atoms with E-state index < -0.39 is 0 Å². The molecule has 0 fully saturated rings. The van der Waals surface area contributed by atoms with Crippen LogP contribution in [0, 0.1) is 0 Å². The lowest BCUT2D eigenvalue weighted by molar-refractivity contribution is 0.997. The minimum Gasteiger partial charge on any atom is -0.278 e. The molecule has 0 spiro atoms. The van der Waals surface area contributed by atoms with Gasteiger partial charge in [-0.25, -0.2) is 9.97 Å². The molecule has 0 bridgehead atoms. The van der Waals surface area contributed by atoms with Crippen molar-refractivity contribution in [3.63, 3.8) is 0 Å². The van der Waals surface area contributed by atoms with E-state index in [1.807, 2.05) is 0 Å². The first-order valence-corrected chi connectivity index (χ1v) is 27.1. The van der Waals surface area contributed by atoms with Gasteiger partial charge in [0, 0.05) is 21.9 Å². The molecule has 0 atom stereocenters. The van der Waals surface area contributed by atoms with E-state index in [-0.39, 0.29) is 0 Å². The summed E-state index contributed by atoms with van der Waals surface area (Å²) < 4.78 is 2.36. The number of hydrogen-bond acceptors (Lipinski definition) is 2. The molecule has 0 N–H and O–H groups in total. The standard InChI is InChI=1S/C76H47N3/c1-5-21-48(22-6-1)52-37-53(49-23-7-2-8-24-49)40-56(39-52)72-47-73(57-41-54(50-25-9-3-10-26-50)38-55(42-57)51-27-11-4-12-28-51)78-76(77-72)79-74-45-68-64-35-19-15-31-60(64)58-29-13-17-33-62(58)66(68)43-70(74)71-44-67-63-34-18-14-30-59(63)61-32-16-20-36-65(61)69(67)46-75(71)79/h1-47H. The van der Waals surface area contributed by atoms with Crippen LogP contribution in [0.4, 0.5) is 0 Å². The number of fused-ring (bicyclic) bond motifs is 15. The van der Waals surface area contributed by atoms with Gasteiger partial charge in [-0.2, -0.15) is 0 Å². The van der Waals surface area contributed by atoms with Crippen molar-refractivity contribution >= 4 is 86.4 Å². The lowest BCUT2D eigenvalue weighted by Crippen LogP contribution is -2.04. The van der Waals surface area contributed by atoms with Gasteiger partial charge in [0.15, 0.2) is 0 Å². The van der Waals surface area contributed by atoms with Gasteiger partial charge in [0.25, 0.3) is 0 Å². The molecule has 16 aromatic rings. The summed E-state index contributed by atoms with van der Waals surface area (Å²) in [7, 11) is 0. The third-order valence-electron chi connectivity index (χ3n) is 16.3. The molecular formula is C76H47N3. The van der Waals surface area contributed by atoms with Gasteiger partial charge in [-0.3, -0.25) is 4.57 Å². The van der Waals surface area contributed by atoms with E-state index in [1.54, 1.807) is 0 Å². The first-order valence-electron chi connectivity index (χ1n) is 27.1. The van der Waals surface area contributed by atoms with Crippen LogP contribution >= 0.6 is 0 Å². The van der Waals surface area contributed by atoms with Crippen LogP contribution in [0.25, 0.3) is 159 Å². The normalized spacial score (nSPS) is 11.8. The lowest BCUT2D eigenvalue weighted by atomic mass is 9.92. The van der Waals surface area contributed by atoms with Gasteiger partial charge in [0.05, 0.1) is 22.4 Å². The molecule has 2 aromatic heterocycles. The van der Waals surface area contributed by atoms with Gasteiger partial charge in [-0.1, -0.05) is 218 Å². The Balaban J connectivity index is 1.06. The Morgan fingerprint density at radius 3 is 0.709 bits per heavy atom. The molecule has 0 aliphatic heterocycles. The van der Waals surface area contributed by atoms with E-state index in [2.05, 4.69) is 290 Å². The fourth-order valence-corrected chi connectivity index (χ4v) is 12.6. The highest BCUT2D eigenvalue weighted by Gasteiger charge is 2.23. The van der Waals surface area contributed by atoms with Crippen molar-refractivity contribution in [1.82, 2.24) is 14.5 Å². The smallest absolute Gasteiger partial charge is 0.235 e. The van der Waals surface area contributed by atoms with Crippen molar-refractivity contribution in [1.29, 1.82) is 0 Å². The Bertz CT molecular complexity index is 4670. The highest BCUT2D eigenvalue weighted by atomic mass is 15.2. The molecule has 0 unspecified atom stereocenters. The summed E-state index contributed by atoms with van der Waals surface area (Å²) in [4.78, 5) is 11.7. The van der Waals surface area contributed by atoms with Crippen molar-refractivity contribution in [3.05, 3.63) is 285 Å². The molecule has 0 amide bonds. The van der Waals surface area contributed by atoms with Crippen molar-refractivity contribution < 1.29 is 0 Å². The Morgan fingerprint density at radius 1 is 0.177 bits per heavy atom. The van der Waals surface area contributed by atoms with Crippen LogP contribution in [0.1, 0.15) is 0 Å². The maximum atomic E-state index is 5.84. The van der Waals surface area contributed by atoms with Crippen LogP contribution < -0.4 is 0 Å². The third kappa shape index (κ3) is 7.43. The van der Waals surface area contributed by atoms with Gasteiger partial charge in [0.1, 0.15) is 0 Å². The van der Waals surface area contributed by atoms with Crippen LogP contribution in [-0.2, 0) is 0 Å². The summed E-state index contributed by atoms with van der Waals surface area (Å²) >= 11 is 0. The van der Waals surface area contributed by atoms with Crippen LogP contribution in [0.2, 0.25) is 0 Å². The Labute approximate surface area is 456 Å². The molecule has 0 saturated heterocycles. The van der Waals surface area contributed by atoms with Gasteiger partial charge in [0.2, 0.25) is 5.95 Å². The lowest BCUT2D eigenvalue weighted by Gasteiger charge is -2.16. The van der Waals surface area contributed by atoms with Crippen molar-refractivity contribution in [2.24, 2.45) is 0 Å². The van der Waals surface area contributed by atoms with Gasteiger partial charge < -0.3 is 0 Å². The highest BCUT2D eigenvalue weighted by Crippen LogP contribution is 2.45. The second-order valence-corrected chi connectivity index (χ2v) is 20.8. The monoisotopic (exact) mass is 1000 g/mol. The molecule has 79 heavy (non-hydrogen) atoms. The summed E-state index contributed by atoms with van der Waals surface area (Å²) in [5.41, 5.74) is 14.7. The summed E-state index contributed by atoms with van der Waals surface area (Å²) in [5, 5.41) is 17.0. The zero-order valence-corrected chi connectivity index (χ0v) is 43.0.